The number of hydrogen-bond acceptors (Lipinski definition) is 5. The van der Waals surface area contributed by atoms with Crippen LogP contribution in [-0.4, -0.2) is 70.2 Å². The number of hydrogen-bond donors (Lipinski definition) is 4. The van der Waals surface area contributed by atoms with E-state index in [9.17, 15) is 28.4 Å². The maximum absolute atomic E-state index is 13.9. The van der Waals surface area contributed by atoms with E-state index in [0.717, 1.165) is 6.42 Å². The van der Waals surface area contributed by atoms with Gasteiger partial charge < -0.3 is 26.6 Å². The van der Waals surface area contributed by atoms with E-state index in [4.69, 9.17) is 28.9 Å². The van der Waals surface area contributed by atoms with Crippen LogP contribution >= 0.6 is 23.2 Å². The van der Waals surface area contributed by atoms with E-state index >= 15 is 0 Å². The van der Waals surface area contributed by atoms with Crippen molar-refractivity contribution in [1.82, 2.24) is 20.9 Å². The number of carbonyl (C=O) groups excluding carboxylic acids is 5. The maximum Gasteiger partial charge on any atom is 0.335 e. The van der Waals surface area contributed by atoms with Gasteiger partial charge in [0.2, 0.25) is 23.6 Å². The van der Waals surface area contributed by atoms with Crippen molar-refractivity contribution >= 4 is 52.7 Å². The Labute approximate surface area is 230 Å². The van der Waals surface area contributed by atoms with Crippen LogP contribution in [0.5, 0.6) is 0 Å². The van der Waals surface area contributed by atoms with Crippen molar-refractivity contribution in [1.29, 1.82) is 0 Å². The van der Waals surface area contributed by atoms with Gasteiger partial charge in [-0.2, -0.15) is 4.39 Å². The van der Waals surface area contributed by atoms with E-state index in [1.54, 1.807) is 20.8 Å². The molecule has 2 aliphatic carbocycles. The number of fused-ring (bicyclic) bond motifs is 5. The monoisotopic (exact) mass is 573 g/mol. The Bertz CT molecular complexity index is 1060. The molecule has 0 aromatic heterocycles. The predicted molar refractivity (Wildman–Crippen MR) is 137 cm³/mol. The summed E-state index contributed by atoms with van der Waals surface area (Å²) >= 11 is 10.7. The minimum absolute atomic E-state index is 0.00924. The van der Waals surface area contributed by atoms with E-state index in [2.05, 4.69) is 28.1 Å². The van der Waals surface area contributed by atoms with Crippen molar-refractivity contribution in [2.45, 2.75) is 62.7 Å². The van der Waals surface area contributed by atoms with Crippen LogP contribution in [0.4, 0.5) is 4.39 Å². The molecule has 210 valence electrons. The van der Waals surface area contributed by atoms with Crippen LogP contribution in [0.25, 0.3) is 0 Å². The summed E-state index contributed by atoms with van der Waals surface area (Å²) in [5.74, 6) is -3.87. The highest BCUT2D eigenvalue weighted by Crippen LogP contribution is 2.54. The van der Waals surface area contributed by atoms with Gasteiger partial charge >= 0.3 is 4.59 Å². The first-order chi connectivity index (χ1) is 17.6. The molecule has 0 spiro atoms. The summed E-state index contributed by atoms with van der Waals surface area (Å²) in [7, 11) is 0. The zero-order valence-electron chi connectivity index (χ0n) is 21.5. The quantitative estimate of drug-likeness (QED) is 0.250. The Morgan fingerprint density at radius 2 is 1.84 bits per heavy atom. The van der Waals surface area contributed by atoms with Crippen molar-refractivity contribution in [2.75, 3.05) is 13.1 Å². The van der Waals surface area contributed by atoms with Crippen molar-refractivity contribution < 1.29 is 28.4 Å². The number of alkyl halides is 3. The van der Waals surface area contributed by atoms with Gasteiger partial charge in [0.05, 0.1) is 0 Å². The van der Waals surface area contributed by atoms with E-state index in [1.807, 2.05) is 0 Å². The summed E-state index contributed by atoms with van der Waals surface area (Å²) in [4.78, 5) is 65.7. The fraction of sp³-hybridized carbons (Fsp3) is 0.720. The Kier molecular flexibility index (Phi) is 7.75. The van der Waals surface area contributed by atoms with Gasteiger partial charge in [0, 0.05) is 19.0 Å². The van der Waals surface area contributed by atoms with Gasteiger partial charge in [0.25, 0.3) is 5.91 Å². The second-order valence-corrected chi connectivity index (χ2v) is 13.1. The summed E-state index contributed by atoms with van der Waals surface area (Å²) in [6.07, 6.45) is 5.59. The lowest BCUT2D eigenvalue weighted by atomic mass is 9.81. The van der Waals surface area contributed by atoms with Gasteiger partial charge in [-0.3, -0.25) is 24.0 Å². The van der Waals surface area contributed by atoms with Crippen LogP contribution in [0, 0.1) is 35.0 Å². The van der Waals surface area contributed by atoms with Crippen LogP contribution in [0.1, 0.15) is 40.0 Å². The highest BCUT2D eigenvalue weighted by molar-refractivity contribution is 6.56. The van der Waals surface area contributed by atoms with Gasteiger partial charge in [-0.25, -0.2) is 0 Å². The third-order valence-corrected chi connectivity index (χ3v) is 8.68. The number of rotatable bonds is 8. The normalized spacial score (nSPS) is 31.5. The first-order valence-electron chi connectivity index (χ1n) is 12.8. The van der Waals surface area contributed by atoms with Crippen LogP contribution in [0.2, 0.25) is 0 Å². The molecule has 0 aromatic carbocycles. The number of allylic oxidation sites excluding steroid dienone is 2. The predicted octanol–water partition coefficient (Wildman–Crippen LogP) is 0.764. The smallest absolute Gasteiger partial charge is 0.335 e. The maximum atomic E-state index is 13.9. The molecule has 0 unspecified atom stereocenters. The van der Waals surface area contributed by atoms with Crippen molar-refractivity contribution in [2.24, 2.45) is 40.7 Å². The molecule has 10 nitrogen and oxygen atoms in total. The summed E-state index contributed by atoms with van der Waals surface area (Å²) < 4.78 is 10.7. The van der Waals surface area contributed by atoms with Crippen molar-refractivity contribution in [3.05, 3.63) is 12.2 Å². The highest BCUT2D eigenvalue weighted by atomic mass is 35.5. The van der Waals surface area contributed by atoms with Gasteiger partial charge in [-0.05, 0) is 48.3 Å². The molecule has 1 saturated carbocycles. The van der Waals surface area contributed by atoms with E-state index in [0.29, 0.717) is 13.0 Å². The molecule has 0 aromatic rings. The zero-order chi connectivity index (χ0) is 28.2. The number of halogens is 3. The summed E-state index contributed by atoms with van der Waals surface area (Å²) in [6, 6.07) is -3.29. The SMILES string of the molecule is CC(C)(C)[C@H](NC(=O)C(F)(Cl)Cl)C(=O)N1C[C@H]2[C@@H]([C@H]1C(=O)N[C@@H](C[C@@H]1CCNC1=O)C(N)=O)[C@H]1C=C[C@@H]2C1. The Balaban J connectivity index is 1.60. The lowest BCUT2D eigenvalue weighted by Crippen LogP contribution is -2.61. The lowest BCUT2D eigenvalue weighted by Gasteiger charge is -2.37. The first kappa shape index (κ1) is 28.6. The van der Waals surface area contributed by atoms with Crippen LogP contribution in [-0.2, 0) is 24.0 Å². The number of nitrogens with two attached hydrogens (primary N) is 1. The molecule has 2 bridgehead atoms. The summed E-state index contributed by atoms with van der Waals surface area (Å²) in [6.45, 7) is 5.80. The number of primary amides is 1. The Morgan fingerprint density at radius 1 is 1.18 bits per heavy atom. The fourth-order valence-electron chi connectivity index (χ4n) is 6.47. The average molecular weight is 574 g/mol. The van der Waals surface area contributed by atoms with Gasteiger partial charge in [0.1, 0.15) is 18.1 Å². The molecule has 38 heavy (non-hydrogen) atoms. The molecule has 8 atom stereocenters. The molecule has 2 heterocycles. The Morgan fingerprint density at radius 3 is 2.39 bits per heavy atom. The van der Waals surface area contributed by atoms with Gasteiger partial charge in [0.15, 0.2) is 0 Å². The fourth-order valence-corrected chi connectivity index (χ4v) is 6.57. The molecule has 4 aliphatic rings. The van der Waals surface area contributed by atoms with Crippen LogP contribution in [0.3, 0.4) is 0 Å². The molecule has 2 aliphatic heterocycles. The summed E-state index contributed by atoms with van der Waals surface area (Å²) in [5, 5.41) is 7.72. The number of amides is 5. The number of carbonyl (C=O) groups is 5. The summed E-state index contributed by atoms with van der Waals surface area (Å²) in [5.41, 5.74) is 4.70. The third kappa shape index (κ3) is 5.50. The lowest BCUT2D eigenvalue weighted by molar-refractivity contribution is -0.146. The van der Waals surface area contributed by atoms with E-state index in [1.165, 1.54) is 4.90 Å². The molecule has 4 rings (SSSR count). The van der Waals surface area contributed by atoms with Crippen LogP contribution < -0.4 is 21.7 Å². The molecule has 0 radical (unpaired) electrons. The van der Waals surface area contributed by atoms with E-state index in [-0.39, 0.29) is 42.5 Å². The minimum atomic E-state index is -3.24. The second kappa shape index (κ2) is 10.3. The largest absolute Gasteiger partial charge is 0.368 e. The van der Waals surface area contributed by atoms with Gasteiger partial charge in [-0.1, -0.05) is 56.1 Å². The van der Waals surface area contributed by atoms with Gasteiger partial charge in [-0.15, -0.1) is 0 Å². The highest BCUT2D eigenvalue weighted by Gasteiger charge is 2.59. The Hall–Kier alpha value is -2.40. The minimum Gasteiger partial charge on any atom is -0.368 e. The third-order valence-electron chi connectivity index (χ3n) is 8.34. The standard InChI is InChI=1S/C25H34Cl2FN5O5/c1-24(2,3)18(32-23(38)25(26,27)28)22(37)33-10-14-11-4-5-12(8-11)16(14)17(33)21(36)31-15(19(29)34)9-13-6-7-30-20(13)35/h4-5,11-18H,6-10H2,1-3H3,(H2,29,34)(H,30,35)(H,31,36)(H,32,38)/t11-,12+,13+,14-,15+,16+,17+,18-/m1/s1. The first-order valence-corrected chi connectivity index (χ1v) is 13.6. The van der Waals surface area contributed by atoms with Crippen molar-refractivity contribution in [3.8, 4) is 0 Å². The number of nitrogens with one attached hydrogen (secondary N) is 3. The zero-order valence-corrected chi connectivity index (χ0v) is 23.0. The molecule has 3 fully saturated rings. The average Bonchev–Trinajstić information content (AvgIpc) is 3.57. The topological polar surface area (TPSA) is 151 Å². The molecule has 13 heteroatoms. The molecular formula is C25H34Cl2FN5O5. The van der Waals surface area contributed by atoms with Crippen molar-refractivity contribution in [3.63, 3.8) is 0 Å². The molecule has 5 N–H and O–H groups in total. The number of nitrogens with zero attached hydrogens (tertiary/aromatic N) is 1. The molecule has 5 amide bonds. The van der Waals surface area contributed by atoms with E-state index < -0.39 is 57.7 Å². The second-order valence-electron chi connectivity index (χ2n) is 11.9. The van der Waals surface area contributed by atoms with Crippen LogP contribution in [0.15, 0.2) is 12.2 Å². The number of likely N-dealkylation sites (tertiary alicyclic amines) is 1. The molecular weight excluding hydrogens is 540 g/mol. The molecule has 2 saturated heterocycles.